The van der Waals surface area contributed by atoms with E-state index in [0.717, 1.165) is 18.8 Å². The molecule has 1 aliphatic rings. The lowest BCUT2D eigenvalue weighted by Crippen LogP contribution is -2.34. The van der Waals surface area contributed by atoms with Gasteiger partial charge in [0, 0.05) is 30.5 Å². The Balaban J connectivity index is 2.22. The maximum atomic E-state index is 11.9. The van der Waals surface area contributed by atoms with Crippen molar-refractivity contribution < 1.29 is 9.53 Å². The summed E-state index contributed by atoms with van der Waals surface area (Å²) in [5, 5.41) is 0. The predicted molar refractivity (Wildman–Crippen MR) is 85.7 cm³/mol. The van der Waals surface area contributed by atoms with Gasteiger partial charge < -0.3 is 20.3 Å². The van der Waals surface area contributed by atoms with E-state index in [1.807, 2.05) is 12.1 Å². The van der Waals surface area contributed by atoms with Gasteiger partial charge in [-0.05, 0) is 45.1 Å². The Kier molecular flexibility index (Phi) is 4.73. The molecule has 0 aliphatic carbocycles. The fourth-order valence-corrected chi connectivity index (χ4v) is 2.96. The fourth-order valence-electron chi connectivity index (χ4n) is 2.96. The number of rotatable bonds is 4. The van der Waals surface area contributed by atoms with Crippen LogP contribution in [0.2, 0.25) is 0 Å². The molecule has 116 valence electrons. The van der Waals surface area contributed by atoms with Gasteiger partial charge in [0.25, 0.3) is 0 Å². The minimum absolute atomic E-state index is 0.353. The van der Waals surface area contributed by atoms with E-state index in [9.17, 15) is 4.79 Å². The second-order valence-corrected chi connectivity index (χ2v) is 5.91. The smallest absolute Gasteiger partial charge is 0.340 e. The van der Waals surface area contributed by atoms with Crippen molar-refractivity contribution in [3.63, 3.8) is 0 Å². The molecular formula is C16H25N3O2. The van der Waals surface area contributed by atoms with Gasteiger partial charge in [-0.1, -0.05) is 6.92 Å². The summed E-state index contributed by atoms with van der Waals surface area (Å²) in [6, 6.07) is 6.13. The number of carbonyl (C=O) groups is 1. The van der Waals surface area contributed by atoms with Crippen LogP contribution in [0.15, 0.2) is 18.2 Å². The molecule has 1 aromatic carbocycles. The number of anilines is 2. The monoisotopic (exact) mass is 291 g/mol. The molecule has 2 atom stereocenters. The highest BCUT2D eigenvalue weighted by Crippen LogP contribution is 2.28. The largest absolute Gasteiger partial charge is 0.462 e. The second kappa shape index (κ2) is 6.35. The molecule has 1 heterocycles. The van der Waals surface area contributed by atoms with Gasteiger partial charge in [0.05, 0.1) is 12.2 Å². The van der Waals surface area contributed by atoms with Crippen LogP contribution in [0.5, 0.6) is 0 Å². The van der Waals surface area contributed by atoms with Crippen LogP contribution in [0.1, 0.15) is 24.2 Å². The molecule has 21 heavy (non-hydrogen) atoms. The van der Waals surface area contributed by atoms with Crippen LogP contribution >= 0.6 is 0 Å². The molecule has 2 unspecified atom stereocenters. The van der Waals surface area contributed by atoms with E-state index in [4.69, 9.17) is 10.5 Å². The van der Waals surface area contributed by atoms with Crippen molar-refractivity contribution >= 4 is 17.3 Å². The Hall–Kier alpha value is -1.75. The number of nitrogen functional groups attached to an aromatic ring is 1. The van der Waals surface area contributed by atoms with Crippen molar-refractivity contribution in [2.24, 2.45) is 5.92 Å². The zero-order chi connectivity index (χ0) is 15.6. The van der Waals surface area contributed by atoms with Crippen LogP contribution in [0, 0.1) is 5.92 Å². The summed E-state index contributed by atoms with van der Waals surface area (Å²) >= 11 is 0. The minimum Gasteiger partial charge on any atom is -0.462 e. The number of carbonyl (C=O) groups excluding carboxylic acids is 1. The predicted octanol–water partition coefficient (Wildman–Crippen LogP) is 1.83. The molecule has 0 spiro atoms. The number of likely N-dealkylation sites (N-methyl/N-ethyl adjacent to an activating group) is 1. The van der Waals surface area contributed by atoms with Crippen LogP contribution in [0.4, 0.5) is 11.4 Å². The van der Waals surface area contributed by atoms with Crippen molar-refractivity contribution in [1.29, 1.82) is 0 Å². The van der Waals surface area contributed by atoms with E-state index in [-0.39, 0.29) is 5.97 Å². The van der Waals surface area contributed by atoms with Crippen LogP contribution < -0.4 is 10.6 Å². The normalized spacial score (nSPS) is 21.9. The molecule has 0 amide bonds. The highest BCUT2D eigenvalue weighted by molar-refractivity contribution is 5.96. The first-order valence-electron chi connectivity index (χ1n) is 7.42. The van der Waals surface area contributed by atoms with Crippen molar-refractivity contribution in [3.05, 3.63) is 23.8 Å². The zero-order valence-electron chi connectivity index (χ0n) is 13.3. The van der Waals surface area contributed by atoms with Gasteiger partial charge >= 0.3 is 5.97 Å². The van der Waals surface area contributed by atoms with E-state index >= 15 is 0 Å². The fraction of sp³-hybridized carbons (Fsp3) is 0.562. The SMILES string of the molecule is CCOC(=O)c1cc(N2CC(C)C(N(C)C)C2)ccc1N. The topological polar surface area (TPSA) is 58.8 Å². The maximum absolute atomic E-state index is 11.9. The van der Waals surface area contributed by atoms with E-state index in [1.165, 1.54) is 0 Å². The summed E-state index contributed by atoms with van der Waals surface area (Å²) in [7, 11) is 4.22. The molecule has 0 bridgehead atoms. The van der Waals surface area contributed by atoms with Crippen LogP contribution in [0.25, 0.3) is 0 Å². The van der Waals surface area contributed by atoms with Gasteiger partial charge in [0.2, 0.25) is 0 Å². The first-order chi connectivity index (χ1) is 9.93. The number of ether oxygens (including phenoxy) is 1. The maximum Gasteiger partial charge on any atom is 0.340 e. The van der Waals surface area contributed by atoms with Gasteiger partial charge in [-0.15, -0.1) is 0 Å². The Bertz CT molecular complexity index is 516. The summed E-state index contributed by atoms with van der Waals surface area (Å²) in [5.41, 5.74) is 7.85. The summed E-state index contributed by atoms with van der Waals surface area (Å²) < 4.78 is 5.06. The third-order valence-corrected chi connectivity index (χ3v) is 4.13. The highest BCUT2D eigenvalue weighted by atomic mass is 16.5. The molecule has 0 aromatic heterocycles. The van der Waals surface area contributed by atoms with Crippen LogP contribution in [-0.4, -0.2) is 50.7 Å². The van der Waals surface area contributed by atoms with E-state index in [2.05, 4.69) is 30.8 Å². The Morgan fingerprint density at radius 2 is 2.14 bits per heavy atom. The lowest BCUT2D eigenvalue weighted by molar-refractivity contribution is 0.0527. The van der Waals surface area contributed by atoms with Crippen molar-refractivity contribution in [2.75, 3.05) is 44.4 Å². The number of nitrogens with zero attached hydrogens (tertiary/aromatic N) is 2. The first-order valence-corrected chi connectivity index (χ1v) is 7.42. The van der Waals surface area contributed by atoms with Crippen molar-refractivity contribution in [1.82, 2.24) is 4.90 Å². The standard InChI is InChI=1S/C16H25N3O2/c1-5-21-16(20)13-8-12(6-7-14(13)17)19-9-11(2)15(10-19)18(3)4/h6-8,11,15H,5,9-10,17H2,1-4H3. The van der Waals surface area contributed by atoms with Crippen molar-refractivity contribution in [2.45, 2.75) is 19.9 Å². The summed E-state index contributed by atoms with van der Waals surface area (Å²) in [6.07, 6.45) is 0. The highest BCUT2D eigenvalue weighted by Gasteiger charge is 2.31. The number of benzene rings is 1. The van der Waals surface area contributed by atoms with Gasteiger partial charge in [0.1, 0.15) is 0 Å². The van der Waals surface area contributed by atoms with Gasteiger partial charge in [-0.2, -0.15) is 0 Å². The third-order valence-electron chi connectivity index (χ3n) is 4.13. The molecule has 1 aromatic rings. The first kappa shape index (κ1) is 15.6. The van der Waals surface area contributed by atoms with E-state index in [0.29, 0.717) is 29.8 Å². The number of esters is 1. The van der Waals surface area contributed by atoms with Crippen molar-refractivity contribution in [3.8, 4) is 0 Å². The molecule has 2 N–H and O–H groups in total. The lowest BCUT2D eigenvalue weighted by Gasteiger charge is -2.23. The minimum atomic E-state index is -0.353. The molecule has 5 heteroatoms. The number of nitrogens with two attached hydrogens (primary N) is 1. The summed E-state index contributed by atoms with van der Waals surface area (Å²) in [4.78, 5) is 16.5. The van der Waals surface area contributed by atoms with Gasteiger partial charge in [-0.25, -0.2) is 4.79 Å². The molecule has 0 radical (unpaired) electrons. The zero-order valence-corrected chi connectivity index (χ0v) is 13.3. The molecule has 2 rings (SSSR count). The van der Waals surface area contributed by atoms with Crippen LogP contribution in [-0.2, 0) is 4.74 Å². The summed E-state index contributed by atoms with van der Waals surface area (Å²) in [5.74, 6) is 0.233. The average molecular weight is 291 g/mol. The van der Waals surface area contributed by atoms with Gasteiger partial charge in [-0.3, -0.25) is 0 Å². The summed E-state index contributed by atoms with van der Waals surface area (Å²) in [6.45, 7) is 6.34. The van der Waals surface area contributed by atoms with E-state index in [1.54, 1.807) is 13.0 Å². The third kappa shape index (κ3) is 3.29. The quantitative estimate of drug-likeness (QED) is 0.677. The molecule has 5 nitrogen and oxygen atoms in total. The second-order valence-electron chi connectivity index (χ2n) is 5.91. The van der Waals surface area contributed by atoms with E-state index < -0.39 is 0 Å². The molecule has 0 saturated carbocycles. The van der Waals surface area contributed by atoms with Gasteiger partial charge in [0.15, 0.2) is 0 Å². The Morgan fingerprint density at radius 3 is 2.71 bits per heavy atom. The Morgan fingerprint density at radius 1 is 1.43 bits per heavy atom. The molecular weight excluding hydrogens is 266 g/mol. The number of hydrogen-bond donors (Lipinski definition) is 1. The number of hydrogen-bond acceptors (Lipinski definition) is 5. The average Bonchev–Trinajstić information content (AvgIpc) is 2.81. The molecule has 1 fully saturated rings. The Labute approximate surface area is 126 Å². The molecule has 1 aliphatic heterocycles. The van der Waals surface area contributed by atoms with Crippen LogP contribution in [0.3, 0.4) is 0 Å². The lowest BCUT2D eigenvalue weighted by atomic mass is 10.1. The molecule has 1 saturated heterocycles.